The number of carbonyl (C=O) groups excluding carboxylic acids is 3. The minimum Gasteiger partial charge on any atom is -0.480 e. The number of hydrogen-bond acceptors (Lipinski definition) is 9. The fraction of sp³-hybridized carbons (Fsp3) is 0.545. The van der Waals surface area contributed by atoms with Crippen molar-refractivity contribution in [1.29, 1.82) is 0 Å². The van der Waals surface area contributed by atoms with E-state index in [-0.39, 0.29) is 24.5 Å². The first-order valence-electron chi connectivity index (χ1n) is 10.4. The molecule has 0 aliphatic carbocycles. The molecule has 0 radical (unpaired) electrons. The molecule has 0 saturated carbocycles. The van der Waals surface area contributed by atoms with Gasteiger partial charge >= 0.3 is 24.1 Å². The van der Waals surface area contributed by atoms with Gasteiger partial charge in [-0.2, -0.15) is 0 Å². The number of rotatable bonds is 12. The van der Waals surface area contributed by atoms with Crippen molar-refractivity contribution < 1.29 is 43.2 Å². The lowest BCUT2D eigenvalue weighted by Crippen LogP contribution is -2.38. The third-order valence-electron chi connectivity index (χ3n) is 4.47. The predicted octanol–water partition coefficient (Wildman–Crippen LogP) is 3.15. The number of carboxylic acid groups (broad SMARTS) is 1. The van der Waals surface area contributed by atoms with Crippen molar-refractivity contribution in [1.82, 2.24) is 0 Å². The topological polar surface area (TPSA) is 151 Å². The molecule has 178 valence electrons. The second-order valence-electron chi connectivity index (χ2n) is 7.33. The fourth-order valence-corrected chi connectivity index (χ4v) is 3.00. The average molecular weight is 453 g/mol. The molecule has 3 atom stereocenters. The minimum absolute atomic E-state index is 0.000878. The van der Waals surface area contributed by atoms with Crippen LogP contribution >= 0.6 is 0 Å². The summed E-state index contributed by atoms with van der Waals surface area (Å²) in [5.41, 5.74) is 6.29. The maximum atomic E-state index is 11.9. The van der Waals surface area contributed by atoms with Crippen molar-refractivity contribution >= 4 is 24.1 Å². The van der Waals surface area contributed by atoms with E-state index in [0.29, 0.717) is 5.56 Å². The van der Waals surface area contributed by atoms with Gasteiger partial charge in [-0.3, -0.25) is 14.4 Å². The minimum atomic E-state index is -1.34. The summed E-state index contributed by atoms with van der Waals surface area (Å²) in [4.78, 5) is 46.2. The van der Waals surface area contributed by atoms with Crippen molar-refractivity contribution in [3.63, 3.8) is 0 Å². The molecule has 0 amide bonds. The molecule has 0 aromatic heterocycles. The summed E-state index contributed by atoms with van der Waals surface area (Å²) in [5, 5.41) is 9.45. The largest absolute Gasteiger partial charge is 0.508 e. The third-order valence-corrected chi connectivity index (χ3v) is 4.47. The van der Waals surface area contributed by atoms with Crippen molar-refractivity contribution in [2.24, 2.45) is 5.73 Å². The molecule has 0 aliphatic rings. The molecule has 1 aromatic carbocycles. The van der Waals surface area contributed by atoms with Crippen molar-refractivity contribution in [2.45, 2.75) is 71.4 Å². The van der Waals surface area contributed by atoms with E-state index < -0.39 is 42.1 Å². The lowest BCUT2D eigenvalue weighted by atomic mass is 9.87. The van der Waals surface area contributed by atoms with Crippen LogP contribution in [0.3, 0.4) is 0 Å². The van der Waals surface area contributed by atoms with Gasteiger partial charge in [-0.25, -0.2) is 4.79 Å². The molecule has 0 fully saturated rings. The van der Waals surface area contributed by atoms with Crippen LogP contribution < -0.4 is 15.2 Å². The first-order chi connectivity index (χ1) is 15.0. The normalized spacial score (nSPS) is 13.4. The summed E-state index contributed by atoms with van der Waals surface area (Å²) in [6.45, 7) is 6.22. The molecule has 10 heteroatoms. The highest BCUT2D eigenvalue weighted by molar-refractivity contribution is 5.76. The number of nitrogens with two attached hydrogens (primary N) is 1. The van der Waals surface area contributed by atoms with Crippen LogP contribution in [-0.2, 0) is 23.9 Å². The molecule has 3 N–H and O–H groups in total. The molecule has 0 saturated heterocycles. The number of unbranched alkanes of at least 4 members (excludes halogenated alkanes) is 2. The van der Waals surface area contributed by atoms with Gasteiger partial charge in [0.25, 0.3) is 0 Å². The molecule has 0 heterocycles. The van der Waals surface area contributed by atoms with Crippen molar-refractivity contribution in [3.05, 3.63) is 23.8 Å². The SMILES string of the molecule is CCCCCOC(=O)OC(C)CC(c1ccc(OC(C)=O)c(OC(C)=O)c1)[C@H](N)C(=O)O. The number of aliphatic carboxylic acids is 1. The average Bonchev–Trinajstić information content (AvgIpc) is 2.69. The molecule has 2 unspecified atom stereocenters. The quantitative estimate of drug-likeness (QED) is 0.274. The summed E-state index contributed by atoms with van der Waals surface area (Å²) >= 11 is 0. The standard InChI is InChI=1S/C22H31NO9/c1-5-6-7-10-29-22(28)30-13(2)11-17(20(23)21(26)27)16-8-9-18(31-14(3)24)19(12-16)32-15(4)25/h8-9,12-13,17,20H,5-7,10-11,23H2,1-4H3,(H,26,27)/t13?,17?,20-/m0/s1. The smallest absolute Gasteiger partial charge is 0.480 e. The number of benzene rings is 1. The van der Waals surface area contributed by atoms with Gasteiger partial charge in [-0.15, -0.1) is 0 Å². The Kier molecular flexibility index (Phi) is 11.2. The Morgan fingerprint density at radius 1 is 1.03 bits per heavy atom. The van der Waals surface area contributed by atoms with Crippen molar-refractivity contribution in [2.75, 3.05) is 6.61 Å². The van der Waals surface area contributed by atoms with Gasteiger partial charge in [0, 0.05) is 19.8 Å². The Bertz CT molecular complexity index is 809. The van der Waals surface area contributed by atoms with E-state index in [1.807, 2.05) is 6.92 Å². The molecule has 0 bridgehead atoms. The number of carboxylic acids is 1. The van der Waals surface area contributed by atoms with E-state index in [0.717, 1.165) is 19.3 Å². The second-order valence-corrected chi connectivity index (χ2v) is 7.33. The number of carbonyl (C=O) groups is 4. The molecule has 0 spiro atoms. The van der Waals surface area contributed by atoms with Gasteiger partial charge in [-0.1, -0.05) is 25.8 Å². The summed E-state index contributed by atoms with van der Waals surface area (Å²) < 4.78 is 20.4. The highest BCUT2D eigenvalue weighted by atomic mass is 16.7. The highest BCUT2D eigenvalue weighted by Crippen LogP contribution is 2.34. The lowest BCUT2D eigenvalue weighted by Gasteiger charge is -2.25. The van der Waals surface area contributed by atoms with Crippen LogP contribution in [0.15, 0.2) is 18.2 Å². The first-order valence-corrected chi connectivity index (χ1v) is 10.4. The van der Waals surface area contributed by atoms with E-state index in [9.17, 15) is 24.3 Å². The van der Waals surface area contributed by atoms with Gasteiger partial charge < -0.3 is 29.8 Å². The van der Waals surface area contributed by atoms with E-state index in [2.05, 4.69) is 0 Å². The van der Waals surface area contributed by atoms with Crippen LogP contribution in [0.25, 0.3) is 0 Å². The monoisotopic (exact) mass is 453 g/mol. The Labute approximate surface area is 187 Å². The third kappa shape index (κ3) is 9.34. The number of hydrogen-bond donors (Lipinski definition) is 2. The van der Waals surface area contributed by atoms with Crippen LogP contribution in [0.5, 0.6) is 11.5 Å². The van der Waals surface area contributed by atoms with Gasteiger partial charge in [0.15, 0.2) is 11.5 Å². The van der Waals surface area contributed by atoms with Gasteiger partial charge in [0.1, 0.15) is 12.1 Å². The lowest BCUT2D eigenvalue weighted by molar-refractivity contribution is -0.139. The molecule has 0 aliphatic heterocycles. The summed E-state index contributed by atoms with van der Waals surface area (Å²) in [6.07, 6.45) is 1.13. The molecular weight excluding hydrogens is 422 g/mol. The van der Waals surface area contributed by atoms with Crippen molar-refractivity contribution in [3.8, 4) is 11.5 Å². The van der Waals surface area contributed by atoms with Crippen LogP contribution in [-0.4, -0.2) is 47.9 Å². The number of ether oxygens (including phenoxy) is 4. The van der Waals surface area contributed by atoms with Crippen LogP contribution in [0.1, 0.15) is 64.9 Å². The summed E-state index contributed by atoms with van der Waals surface area (Å²) in [5.74, 6) is -3.41. The number of esters is 2. The van der Waals surface area contributed by atoms with E-state index in [1.54, 1.807) is 6.92 Å². The molecule has 10 nitrogen and oxygen atoms in total. The summed E-state index contributed by atoms with van der Waals surface area (Å²) in [7, 11) is 0. The van der Waals surface area contributed by atoms with Gasteiger partial charge in [0.2, 0.25) is 0 Å². The summed E-state index contributed by atoms with van der Waals surface area (Å²) in [6, 6.07) is 2.92. The first kappa shape index (κ1) is 26.9. The molecule has 1 aromatic rings. The Morgan fingerprint density at radius 2 is 1.66 bits per heavy atom. The maximum absolute atomic E-state index is 11.9. The Morgan fingerprint density at radius 3 is 2.22 bits per heavy atom. The second kappa shape index (κ2) is 13.3. The zero-order valence-electron chi connectivity index (χ0n) is 18.8. The van der Waals surface area contributed by atoms with Gasteiger partial charge in [0.05, 0.1) is 6.61 Å². The Hall–Kier alpha value is -3.14. The molecule has 32 heavy (non-hydrogen) atoms. The zero-order valence-corrected chi connectivity index (χ0v) is 18.8. The maximum Gasteiger partial charge on any atom is 0.508 e. The van der Waals surface area contributed by atoms with Crippen LogP contribution in [0, 0.1) is 0 Å². The Balaban J connectivity index is 3.05. The molecular formula is C22H31NO9. The van der Waals surface area contributed by atoms with Crippen LogP contribution in [0.2, 0.25) is 0 Å². The zero-order chi connectivity index (χ0) is 24.3. The van der Waals surface area contributed by atoms with E-state index >= 15 is 0 Å². The molecule has 1 rings (SSSR count). The fourth-order valence-electron chi connectivity index (χ4n) is 3.00. The predicted molar refractivity (Wildman–Crippen MR) is 113 cm³/mol. The highest BCUT2D eigenvalue weighted by Gasteiger charge is 2.30. The van der Waals surface area contributed by atoms with Crippen LogP contribution in [0.4, 0.5) is 4.79 Å². The van der Waals surface area contributed by atoms with E-state index in [4.69, 9.17) is 24.7 Å². The van der Waals surface area contributed by atoms with Gasteiger partial charge in [-0.05, 0) is 37.5 Å². The van der Waals surface area contributed by atoms with E-state index in [1.165, 1.54) is 32.0 Å².